The fourth-order valence-corrected chi connectivity index (χ4v) is 2.42. The van der Waals surface area contributed by atoms with Crippen molar-refractivity contribution >= 4 is 11.6 Å². The molecule has 2 nitrogen and oxygen atoms in total. The lowest BCUT2D eigenvalue weighted by Crippen LogP contribution is -2.34. The maximum Gasteiger partial charge on any atom is 0.0766 e. The van der Waals surface area contributed by atoms with Gasteiger partial charge in [-0.1, -0.05) is 37.6 Å². The van der Waals surface area contributed by atoms with E-state index in [-0.39, 0.29) is 12.1 Å². The molecule has 0 bridgehead atoms. The molecule has 2 atom stereocenters. The van der Waals surface area contributed by atoms with E-state index in [1.807, 2.05) is 13.8 Å². The number of halogens is 1. The van der Waals surface area contributed by atoms with Gasteiger partial charge < -0.3 is 10.1 Å². The Morgan fingerprint density at radius 3 is 2.53 bits per heavy atom. The van der Waals surface area contributed by atoms with E-state index in [2.05, 4.69) is 37.4 Å². The Hall–Kier alpha value is -0.570. The maximum atomic E-state index is 6.25. The van der Waals surface area contributed by atoms with Crippen LogP contribution in [0.25, 0.3) is 0 Å². The summed E-state index contributed by atoms with van der Waals surface area (Å²) in [7, 11) is 0. The molecular formula is C16H26ClNO. The van der Waals surface area contributed by atoms with Crippen LogP contribution in [0, 0.1) is 6.92 Å². The van der Waals surface area contributed by atoms with E-state index < -0.39 is 0 Å². The first kappa shape index (κ1) is 16.5. The average molecular weight is 284 g/mol. The topological polar surface area (TPSA) is 21.3 Å². The van der Waals surface area contributed by atoms with Gasteiger partial charge in [-0.3, -0.25) is 0 Å². The van der Waals surface area contributed by atoms with Gasteiger partial charge >= 0.3 is 0 Å². The summed E-state index contributed by atoms with van der Waals surface area (Å²) in [4.78, 5) is 0. The summed E-state index contributed by atoms with van der Waals surface area (Å²) >= 11 is 6.25. The van der Waals surface area contributed by atoms with Gasteiger partial charge in [0.1, 0.15) is 0 Å². The number of hydrogen-bond acceptors (Lipinski definition) is 2. The lowest BCUT2D eigenvalue weighted by atomic mass is 9.98. The van der Waals surface area contributed by atoms with Gasteiger partial charge in [0.15, 0.2) is 0 Å². The van der Waals surface area contributed by atoms with Crippen molar-refractivity contribution in [1.29, 1.82) is 0 Å². The van der Waals surface area contributed by atoms with Crippen molar-refractivity contribution in [2.75, 3.05) is 13.2 Å². The molecule has 0 amide bonds. The molecule has 0 aliphatic heterocycles. The van der Waals surface area contributed by atoms with Crippen LogP contribution in [0.15, 0.2) is 18.2 Å². The first-order valence-electron chi connectivity index (χ1n) is 7.25. The number of hydrogen-bond donors (Lipinski definition) is 1. The molecule has 0 fully saturated rings. The van der Waals surface area contributed by atoms with E-state index in [4.69, 9.17) is 16.3 Å². The zero-order valence-corrected chi connectivity index (χ0v) is 13.3. The van der Waals surface area contributed by atoms with Gasteiger partial charge in [0, 0.05) is 11.6 Å². The van der Waals surface area contributed by atoms with Crippen molar-refractivity contribution in [2.24, 2.45) is 0 Å². The number of aryl methyl sites for hydroxylation is 1. The predicted molar refractivity (Wildman–Crippen MR) is 82.9 cm³/mol. The van der Waals surface area contributed by atoms with E-state index in [9.17, 15) is 0 Å². The Balaban J connectivity index is 2.96. The second kappa shape index (κ2) is 8.57. The molecule has 1 rings (SSSR count). The maximum absolute atomic E-state index is 6.25. The fourth-order valence-electron chi connectivity index (χ4n) is 2.23. The lowest BCUT2D eigenvalue weighted by molar-refractivity contribution is 0.0314. The smallest absolute Gasteiger partial charge is 0.0766 e. The summed E-state index contributed by atoms with van der Waals surface area (Å²) in [5, 5.41) is 4.41. The Labute approximate surface area is 122 Å². The summed E-state index contributed by atoms with van der Waals surface area (Å²) in [6, 6.07) is 6.50. The van der Waals surface area contributed by atoms with Crippen molar-refractivity contribution in [1.82, 2.24) is 5.32 Å². The van der Waals surface area contributed by atoms with E-state index in [0.29, 0.717) is 0 Å². The van der Waals surface area contributed by atoms with Gasteiger partial charge in [-0.15, -0.1) is 0 Å². The van der Waals surface area contributed by atoms with E-state index >= 15 is 0 Å². The summed E-state index contributed by atoms with van der Waals surface area (Å²) in [5.74, 6) is 0. The molecule has 0 aliphatic rings. The van der Waals surface area contributed by atoms with Crippen molar-refractivity contribution in [3.8, 4) is 0 Å². The van der Waals surface area contributed by atoms with Gasteiger partial charge in [-0.2, -0.15) is 0 Å². The molecular weight excluding hydrogens is 258 g/mol. The minimum absolute atomic E-state index is 0.190. The molecule has 0 saturated heterocycles. The van der Waals surface area contributed by atoms with Gasteiger partial charge in [-0.05, 0) is 50.4 Å². The Bertz CT molecular complexity index is 381. The first-order valence-corrected chi connectivity index (χ1v) is 7.62. The molecule has 0 radical (unpaired) electrons. The van der Waals surface area contributed by atoms with E-state index in [0.717, 1.165) is 36.6 Å². The third-order valence-corrected chi connectivity index (χ3v) is 3.73. The minimum atomic E-state index is 0.190. The summed E-state index contributed by atoms with van der Waals surface area (Å²) in [6.07, 6.45) is 2.29. The highest BCUT2D eigenvalue weighted by atomic mass is 35.5. The lowest BCUT2D eigenvalue weighted by Gasteiger charge is -2.28. The van der Waals surface area contributed by atoms with Crippen molar-refractivity contribution in [3.05, 3.63) is 34.3 Å². The number of ether oxygens (including phenoxy) is 1. The summed E-state index contributed by atoms with van der Waals surface area (Å²) in [6.45, 7) is 10.1. The summed E-state index contributed by atoms with van der Waals surface area (Å²) in [5.41, 5.74) is 2.33. The van der Waals surface area contributed by atoms with E-state index in [1.165, 1.54) is 5.56 Å². The predicted octanol–water partition coefficient (Wildman–Crippen LogP) is 4.50. The van der Waals surface area contributed by atoms with Crippen molar-refractivity contribution < 1.29 is 4.74 Å². The van der Waals surface area contributed by atoms with Gasteiger partial charge in [0.25, 0.3) is 0 Å². The zero-order chi connectivity index (χ0) is 14.3. The van der Waals surface area contributed by atoms with Gasteiger partial charge in [0.05, 0.1) is 12.1 Å². The van der Waals surface area contributed by atoms with Crippen molar-refractivity contribution in [3.63, 3.8) is 0 Å². The van der Waals surface area contributed by atoms with Crippen LogP contribution in [-0.2, 0) is 4.74 Å². The Kier molecular flexibility index (Phi) is 7.44. The van der Waals surface area contributed by atoms with Crippen molar-refractivity contribution in [2.45, 2.75) is 52.7 Å². The average Bonchev–Trinajstić information content (AvgIpc) is 2.41. The second-order valence-electron chi connectivity index (χ2n) is 4.84. The first-order chi connectivity index (χ1) is 9.13. The molecule has 3 heteroatoms. The zero-order valence-electron chi connectivity index (χ0n) is 12.5. The molecule has 2 unspecified atom stereocenters. The monoisotopic (exact) mass is 283 g/mol. The molecule has 19 heavy (non-hydrogen) atoms. The largest absolute Gasteiger partial charge is 0.377 e. The number of benzene rings is 1. The normalized spacial score (nSPS) is 14.4. The highest BCUT2D eigenvalue weighted by Gasteiger charge is 2.22. The van der Waals surface area contributed by atoms with Crippen LogP contribution in [0.5, 0.6) is 0 Å². The highest BCUT2D eigenvalue weighted by molar-refractivity contribution is 6.31. The number of rotatable bonds is 8. The molecule has 0 aromatic heterocycles. The van der Waals surface area contributed by atoms with Crippen LogP contribution in [0.1, 0.15) is 50.8 Å². The molecule has 0 heterocycles. The highest BCUT2D eigenvalue weighted by Crippen LogP contribution is 2.26. The van der Waals surface area contributed by atoms with Crippen LogP contribution in [-0.4, -0.2) is 19.3 Å². The number of nitrogens with one attached hydrogen (secondary N) is 1. The second-order valence-corrected chi connectivity index (χ2v) is 5.25. The third-order valence-electron chi connectivity index (χ3n) is 3.32. The minimum Gasteiger partial charge on any atom is -0.377 e. The van der Waals surface area contributed by atoms with Gasteiger partial charge in [0.2, 0.25) is 0 Å². The molecule has 0 spiro atoms. The molecule has 1 aromatic rings. The van der Waals surface area contributed by atoms with Crippen LogP contribution in [0.2, 0.25) is 5.02 Å². The van der Waals surface area contributed by atoms with E-state index in [1.54, 1.807) is 0 Å². The molecule has 0 aliphatic carbocycles. The standard InChI is InChI=1S/C16H26ClNO/c1-5-10-18-16(15(6-2)19-7-3)13-9-8-12(4)14(17)11-13/h8-9,11,15-16,18H,5-7,10H2,1-4H3. The SMILES string of the molecule is CCCNC(c1ccc(C)c(Cl)c1)C(CC)OCC. The van der Waals surface area contributed by atoms with Crippen LogP contribution >= 0.6 is 11.6 Å². The van der Waals surface area contributed by atoms with Crippen LogP contribution < -0.4 is 5.32 Å². The van der Waals surface area contributed by atoms with Crippen LogP contribution in [0.3, 0.4) is 0 Å². The molecule has 0 saturated carbocycles. The third kappa shape index (κ3) is 4.79. The molecule has 1 aromatic carbocycles. The molecule has 108 valence electrons. The van der Waals surface area contributed by atoms with Crippen LogP contribution in [0.4, 0.5) is 0 Å². The quantitative estimate of drug-likeness (QED) is 0.758. The Morgan fingerprint density at radius 1 is 1.26 bits per heavy atom. The Morgan fingerprint density at radius 2 is 2.00 bits per heavy atom. The van der Waals surface area contributed by atoms with Gasteiger partial charge in [-0.25, -0.2) is 0 Å². The summed E-state index contributed by atoms with van der Waals surface area (Å²) < 4.78 is 5.87. The molecule has 1 N–H and O–H groups in total. The fraction of sp³-hybridized carbons (Fsp3) is 0.625.